The molecule has 0 spiro atoms. The molecule has 9 heteroatoms. The van der Waals surface area contributed by atoms with Gasteiger partial charge in [0.1, 0.15) is 18.4 Å². The van der Waals surface area contributed by atoms with Crippen molar-refractivity contribution in [3.63, 3.8) is 0 Å². The number of fused-ring (bicyclic) bond motifs is 1. The fourth-order valence-electron chi connectivity index (χ4n) is 4.20. The number of nitrogens with one attached hydrogen (secondary N) is 2. The van der Waals surface area contributed by atoms with Crippen molar-refractivity contribution in [2.45, 2.75) is 38.1 Å². The topological polar surface area (TPSA) is 81.1 Å². The molecule has 2 N–H and O–H groups in total. The summed E-state index contributed by atoms with van der Waals surface area (Å²) in [5.74, 6) is 2.07. The Morgan fingerprint density at radius 1 is 1.08 bits per heavy atom. The van der Waals surface area contributed by atoms with E-state index in [4.69, 9.17) is 21.4 Å². The van der Waals surface area contributed by atoms with Crippen LogP contribution >= 0.6 is 23.4 Å². The van der Waals surface area contributed by atoms with Crippen LogP contribution in [-0.2, 0) is 11.4 Å². The Balaban J connectivity index is 1.44. The number of rotatable bonds is 9. The number of nitrogens with zero attached hydrogens (tertiary/aromatic N) is 3. The van der Waals surface area contributed by atoms with Gasteiger partial charge in [-0.25, -0.2) is 4.68 Å². The minimum Gasteiger partial charge on any atom is -0.489 e. The molecular weight excluding hydrogens is 518 g/mol. The van der Waals surface area contributed by atoms with E-state index in [1.807, 2.05) is 85.8 Å². The van der Waals surface area contributed by atoms with Crippen LogP contribution in [0.3, 0.4) is 0 Å². The molecule has 1 aromatic heterocycles. The van der Waals surface area contributed by atoms with Crippen LogP contribution in [0.4, 0.5) is 11.6 Å². The summed E-state index contributed by atoms with van der Waals surface area (Å²) in [5.41, 5.74) is 3.97. The SMILES string of the molecule is CCCSc1nc2n(n1)C(c1ccc(OCc3ccc(Cl)cc3)cc1)C(C(=O)Nc1ccccc1)=C(C)N2. The van der Waals surface area contributed by atoms with Gasteiger partial charge in [-0.05, 0) is 60.9 Å². The number of benzene rings is 3. The summed E-state index contributed by atoms with van der Waals surface area (Å²) in [4.78, 5) is 18.3. The van der Waals surface area contributed by atoms with Crippen molar-refractivity contribution in [2.24, 2.45) is 0 Å². The maximum atomic E-state index is 13.6. The van der Waals surface area contributed by atoms with Gasteiger partial charge in [-0.15, -0.1) is 5.10 Å². The van der Waals surface area contributed by atoms with Crippen molar-refractivity contribution in [1.29, 1.82) is 0 Å². The average Bonchev–Trinajstić information content (AvgIpc) is 3.34. The fraction of sp³-hybridized carbons (Fsp3) is 0.207. The molecule has 7 nitrogen and oxygen atoms in total. The summed E-state index contributed by atoms with van der Waals surface area (Å²) in [5, 5.41) is 12.5. The molecular formula is C29H28ClN5O2S. The molecule has 0 fully saturated rings. The Hall–Kier alpha value is -3.75. The first-order valence-electron chi connectivity index (χ1n) is 12.4. The van der Waals surface area contributed by atoms with Crippen LogP contribution in [0.2, 0.25) is 5.02 Å². The molecule has 2 heterocycles. The lowest BCUT2D eigenvalue weighted by atomic mass is 9.95. The number of ether oxygens (including phenoxy) is 1. The second-order valence-electron chi connectivity index (χ2n) is 8.88. The highest BCUT2D eigenvalue weighted by atomic mass is 35.5. The van der Waals surface area contributed by atoms with Crippen molar-refractivity contribution in [3.05, 3.63) is 106 Å². The molecule has 194 valence electrons. The van der Waals surface area contributed by atoms with E-state index in [-0.39, 0.29) is 5.91 Å². The molecule has 0 radical (unpaired) electrons. The minimum absolute atomic E-state index is 0.196. The third-order valence-corrected chi connectivity index (χ3v) is 7.35. The van der Waals surface area contributed by atoms with Crippen molar-refractivity contribution in [1.82, 2.24) is 14.8 Å². The predicted octanol–water partition coefficient (Wildman–Crippen LogP) is 6.94. The Morgan fingerprint density at radius 3 is 2.53 bits per heavy atom. The third kappa shape index (κ3) is 5.87. The number of thioether (sulfide) groups is 1. The van der Waals surface area contributed by atoms with E-state index in [1.54, 1.807) is 16.4 Å². The Kier molecular flexibility index (Phi) is 8.00. The molecule has 1 aliphatic heterocycles. The predicted molar refractivity (Wildman–Crippen MR) is 153 cm³/mol. The van der Waals surface area contributed by atoms with Crippen molar-refractivity contribution in [2.75, 3.05) is 16.4 Å². The number of hydrogen-bond donors (Lipinski definition) is 2. The number of aromatic nitrogens is 3. The Bertz CT molecular complexity index is 1440. The van der Waals surface area contributed by atoms with E-state index in [0.29, 0.717) is 28.3 Å². The summed E-state index contributed by atoms with van der Waals surface area (Å²) in [6, 6.07) is 24.3. The molecule has 38 heavy (non-hydrogen) atoms. The lowest BCUT2D eigenvalue weighted by Crippen LogP contribution is -2.31. The first kappa shape index (κ1) is 25.9. The highest BCUT2D eigenvalue weighted by Crippen LogP contribution is 2.37. The summed E-state index contributed by atoms with van der Waals surface area (Å²) >= 11 is 7.58. The summed E-state index contributed by atoms with van der Waals surface area (Å²) < 4.78 is 7.78. The molecule has 0 bridgehead atoms. The molecule has 1 amide bonds. The van der Waals surface area contributed by atoms with Gasteiger partial charge in [0.25, 0.3) is 5.91 Å². The van der Waals surface area contributed by atoms with Gasteiger partial charge in [0, 0.05) is 22.2 Å². The highest BCUT2D eigenvalue weighted by Gasteiger charge is 2.34. The lowest BCUT2D eigenvalue weighted by molar-refractivity contribution is -0.113. The molecule has 1 unspecified atom stereocenters. The van der Waals surface area contributed by atoms with Crippen LogP contribution in [-0.4, -0.2) is 26.4 Å². The largest absolute Gasteiger partial charge is 0.489 e. The molecule has 0 saturated carbocycles. The van der Waals surface area contributed by atoms with E-state index in [2.05, 4.69) is 22.5 Å². The van der Waals surface area contributed by atoms with Gasteiger partial charge in [-0.2, -0.15) is 4.98 Å². The molecule has 5 rings (SSSR count). The number of halogens is 1. The standard InChI is InChI=1S/C29H28ClN5O2S/c1-3-17-38-29-33-28-31-19(2)25(27(36)32-23-7-5-4-6-8-23)26(35(28)34-29)21-11-15-24(16-12-21)37-18-20-9-13-22(30)14-10-20/h4-16,26H,3,17-18H2,1-2H3,(H,32,36)(H,31,33,34). The summed E-state index contributed by atoms with van der Waals surface area (Å²) in [7, 11) is 0. The Labute approximate surface area is 231 Å². The number of anilines is 2. The Morgan fingerprint density at radius 2 is 1.82 bits per heavy atom. The smallest absolute Gasteiger partial charge is 0.255 e. The van der Waals surface area contributed by atoms with Gasteiger partial charge in [-0.3, -0.25) is 4.79 Å². The van der Waals surface area contributed by atoms with Crippen LogP contribution in [0.5, 0.6) is 5.75 Å². The molecule has 1 aliphatic rings. The summed E-state index contributed by atoms with van der Waals surface area (Å²) in [6.45, 7) is 4.45. The number of carbonyl (C=O) groups excluding carboxylic acids is 1. The quantitative estimate of drug-likeness (QED) is 0.222. The first-order chi connectivity index (χ1) is 18.5. The van der Waals surface area contributed by atoms with Crippen LogP contribution in [0.1, 0.15) is 37.4 Å². The number of allylic oxidation sites excluding steroid dienone is 1. The molecule has 1 atom stereocenters. The van der Waals surface area contributed by atoms with Gasteiger partial charge in [0.2, 0.25) is 11.1 Å². The molecule has 0 saturated heterocycles. The van der Waals surface area contributed by atoms with E-state index in [9.17, 15) is 4.79 Å². The van der Waals surface area contributed by atoms with Crippen LogP contribution in [0.25, 0.3) is 0 Å². The lowest BCUT2D eigenvalue weighted by Gasteiger charge is -2.28. The number of carbonyl (C=O) groups is 1. The van der Waals surface area contributed by atoms with Gasteiger partial charge in [0.15, 0.2) is 0 Å². The summed E-state index contributed by atoms with van der Waals surface area (Å²) in [6.07, 6.45) is 1.02. The third-order valence-electron chi connectivity index (χ3n) is 6.06. The zero-order chi connectivity index (χ0) is 26.5. The normalized spacial score (nSPS) is 14.6. The van der Waals surface area contributed by atoms with E-state index >= 15 is 0 Å². The molecule has 4 aromatic rings. The van der Waals surface area contributed by atoms with E-state index < -0.39 is 6.04 Å². The number of hydrogen-bond acceptors (Lipinski definition) is 6. The first-order valence-corrected chi connectivity index (χ1v) is 13.8. The average molecular weight is 546 g/mol. The highest BCUT2D eigenvalue weighted by molar-refractivity contribution is 7.99. The maximum absolute atomic E-state index is 13.6. The second kappa shape index (κ2) is 11.8. The van der Waals surface area contributed by atoms with E-state index in [1.165, 1.54) is 0 Å². The van der Waals surface area contributed by atoms with Crippen LogP contribution in [0, 0.1) is 0 Å². The fourth-order valence-corrected chi connectivity index (χ4v) is 5.01. The van der Waals surface area contributed by atoms with E-state index in [0.717, 1.165) is 40.4 Å². The minimum atomic E-state index is -0.455. The van der Waals surface area contributed by atoms with Crippen LogP contribution in [0.15, 0.2) is 95.3 Å². The maximum Gasteiger partial charge on any atom is 0.255 e. The zero-order valence-corrected chi connectivity index (χ0v) is 22.7. The van der Waals surface area contributed by atoms with Crippen LogP contribution < -0.4 is 15.4 Å². The van der Waals surface area contributed by atoms with Crippen molar-refractivity contribution < 1.29 is 9.53 Å². The molecule has 0 aliphatic carbocycles. The van der Waals surface area contributed by atoms with Crippen molar-refractivity contribution in [3.8, 4) is 5.75 Å². The van der Waals surface area contributed by atoms with Gasteiger partial charge < -0.3 is 15.4 Å². The zero-order valence-electron chi connectivity index (χ0n) is 21.1. The second-order valence-corrected chi connectivity index (χ2v) is 10.4. The number of amides is 1. The van der Waals surface area contributed by atoms with Gasteiger partial charge >= 0.3 is 0 Å². The molecule has 3 aromatic carbocycles. The number of para-hydroxylation sites is 1. The monoisotopic (exact) mass is 545 g/mol. The van der Waals surface area contributed by atoms with Gasteiger partial charge in [-0.1, -0.05) is 72.8 Å². The van der Waals surface area contributed by atoms with Gasteiger partial charge in [0.05, 0.1) is 5.57 Å². The van der Waals surface area contributed by atoms with Crippen molar-refractivity contribution >= 4 is 40.9 Å².